The van der Waals surface area contributed by atoms with Crippen LogP contribution in [0.2, 0.25) is 0 Å². The molecule has 0 bridgehead atoms. The highest BCUT2D eigenvalue weighted by molar-refractivity contribution is 9.10. The predicted octanol–water partition coefficient (Wildman–Crippen LogP) is 2.07. The van der Waals surface area contributed by atoms with Crippen LogP contribution in [0.3, 0.4) is 0 Å². The Kier molecular flexibility index (Phi) is 4.15. The normalized spacial score (nSPS) is 24.5. The van der Waals surface area contributed by atoms with Crippen molar-refractivity contribution in [2.75, 3.05) is 28.2 Å². The molecular formula is C11H16BrClN2O2. The zero-order valence-electron chi connectivity index (χ0n) is 10.3. The summed E-state index contributed by atoms with van der Waals surface area (Å²) in [6.07, 6.45) is 2.07. The number of hydrogen-bond acceptors (Lipinski definition) is 3. The highest BCUT2D eigenvalue weighted by Gasteiger charge is 2.35. The third-order valence-electron chi connectivity index (χ3n) is 2.50. The summed E-state index contributed by atoms with van der Waals surface area (Å²) < 4.78 is -0.833. The van der Waals surface area contributed by atoms with E-state index in [1.165, 1.54) is 0 Å². The van der Waals surface area contributed by atoms with Gasteiger partial charge in [-0.15, -0.1) is 11.6 Å². The molecule has 0 heterocycles. The smallest absolute Gasteiger partial charge is 0.337 e. The first-order valence-electron chi connectivity index (χ1n) is 5.08. The van der Waals surface area contributed by atoms with Gasteiger partial charge >= 0.3 is 5.97 Å². The summed E-state index contributed by atoms with van der Waals surface area (Å²) in [6, 6.07) is 0. The number of alkyl halides is 2. The fraction of sp³-hybridized carbons (Fsp3) is 0.545. The number of halogens is 2. The predicted molar refractivity (Wildman–Crippen MR) is 72.2 cm³/mol. The van der Waals surface area contributed by atoms with Crippen molar-refractivity contribution in [3.8, 4) is 0 Å². The van der Waals surface area contributed by atoms with Gasteiger partial charge in [0.05, 0.1) is 11.3 Å². The van der Waals surface area contributed by atoms with Crippen LogP contribution in [0.4, 0.5) is 0 Å². The Labute approximate surface area is 115 Å². The van der Waals surface area contributed by atoms with Crippen LogP contribution in [0.15, 0.2) is 23.0 Å². The molecule has 0 aromatic rings. The third kappa shape index (κ3) is 3.16. The minimum atomic E-state index is -0.975. The second-order valence-corrected chi connectivity index (χ2v) is 6.93. The van der Waals surface area contributed by atoms with Crippen LogP contribution in [0.5, 0.6) is 0 Å². The van der Waals surface area contributed by atoms with Gasteiger partial charge in [0.15, 0.2) is 0 Å². The second-order valence-electron chi connectivity index (χ2n) is 4.39. The monoisotopic (exact) mass is 322 g/mol. The average molecular weight is 324 g/mol. The number of carboxylic acids is 1. The molecule has 0 amide bonds. The molecule has 1 aliphatic rings. The molecule has 0 saturated heterocycles. The van der Waals surface area contributed by atoms with E-state index in [-0.39, 0.29) is 5.57 Å². The van der Waals surface area contributed by atoms with Gasteiger partial charge in [-0.2, -0.15) is 0 Å². The molecule has 1 atom stereocenters. The van der Waals surface area contributed by atoms with E-state index in [0.717, 1.165) is 5.70 Å². The van der Waals surface area contributed by atoms with E-state index in [0.29, 0.717) is 12.1 Å². The first-order valence-corrected chi connectivity index (χ1v) is 6.25. The molecular weight excluding hydrogens is 307 g/mol. The van der Waals surface area contributed by atoms with Crippen molar-refractivity contribution < 1.29 is 9.90 Å². The van der Waals surface area contributed by atoms with E-state index in [1.807, 2.05) is 33.1 Å². The summed E-state index contributed by atoms with van der Waals surface area (Å²) in [7, 11) is 7.41. The second kappa shape index (κ2) is 4.90. The summed E-state index contributed by atoms with van der Waals surface area (Å²) in [6.45, 7) is 0. The molecule has 0 radical (unpaired) electrons. The molecule has 1 rings (SSSR count). The highest BCUT2D eigenvalue weighted by atomic mass is 79.9. The van der Waals surface area contributed by atoms with Crippen molar-refractivity contribution >= 4 is 33.5 Å². The number of nitrogens with zero attached hydrogens (tertiary/aromatic N) is 2. The van der Waals surface area contributed by atoms with Crippen LogP contribution in [0.1, 0.15) is 6.42 Å². The molecule has 1 unspecified atom stereocenters. The molecule has 4 nitrogen and oxygen atoms in total. The Morgan fingerprint density at radius 1 is 1.41 bits per heavy atom. The lowest BCUT2D eigenvalue weighted by Gasteiger charge is -2.34. The molecule has 17 heavy (non-hydrogen) atoms. The molecule has 0 saturated carbocycles. The number of carbonyl (C=O) groups is 1. The van der Waals surface area contributed by atoms with Gasteiger partial charge in [-0.25, -0.2) is 4.79 Å². The Morgan fingerprint density at radius 3 is 2.29 bits per heavy atom. The van der Waals surface area contributed by atoms with Gasteiger partial charge in [-0.1, -0.05) is 15.9 Å². The fourth-order valence-corrected chi connectivity index (χ4v) is 2.56. The maximum Gasteiger partial charge on any atom is 0.337 e. The lowest BCUT2D eigenvalue weighted by molar-refractivity contribution is -0.132. The van der Waals surface area contributed by atoms with E-state index in [4.69, 9.17) is 11.6 Å². The first kappa shape index (κ1) is 14.4. The summed E-state index contributed by atoms with van der Waals surface area (Å²) in [4.78, 5) is 15.0. The van der Waals surface area contributed by atoms with Gasteiger partial charge in [-0.05, 0) is 6.08 Å². The number of allylic oxidation sites excluding steroid dienone is 2. The molecule has 96 valence electrons. The molecule has 0 aliphatic heterocycles. The minimum absolute atomic E-state index is 0.219. The maximum atomic E-state index is 11.3. The van der Waals surface area contributed by atoms with Crippen molar-refractivity contribution in [3.05, 3.63) is 23.0 Å². The highest BCUT2D eigenvalue weighted by Crippen LogP contribution is 2.41. The number of carboxylic acid groups (broad SMARTS) is 1. The van der Waals surface area contributed by atoms with Crippen molar-refractivity contribution in [2.24, 2.45) is 0 Å². The van der Waals surface area contributed by atoms with E-state index in [9.17, 15) is 9.90 Å². The molecule has 1 aliphatic carbocycles. The Bertz CT molecular complexity index is 400. The zero-order chi connectivity index (χ0) is 13.4. The number of rotatable bonds is 3. The largest absolute Gasteiger partial charge is 0.478 e. The van der Waals surface area contributed by atoms with Crippen LogP contribution in [-0.2, 0) is 4.79 Å². The minimum Gasteiger partial charge on any atom is -0.478 e. The topological polar surface area (TPSA) is 43.8 Å². The molecule has 0 spiro atoms. The standard InChI is InChI=1S/C11H16BrClN2O2/c1-14(2)8-6-11(12,13)5-7(10(16)17)9(8)15(3)4/h5H,6H2,1-4H3,(H,16,17). The molecule has 0 fully saturated rings. The van der Waals surface area contributed by atoms with Gasteiger partial charge in [-0.3, -0.25) is 0 Å². The van der Waals surface area contributed by atoms with E-state index in [1.54, 1.807) is 11.0 Å². The van der Waals surface area contributed by atoms with Crippen molar-refractivity contribution in [1.29, 1.82) is 0 Å². The van der Waals surface area contributed by atoms with Gasteiger partial charge in [0.1, 0.15) is 3.78 Å². The fourth-order valence-electron chi connectivity index (χ4n) is 1.82. The summed E-state index contributed by atoms with van der Waals surface area (Å²) in [5.74, 6) is -0.975. The molecule has 6 heteroatoms. The number of hydrogen-bond donors (Lipinski definition) is 1. The van der Waals surface area contributed by atoms with Crippen molar-refractivity contribution in [1.82, 2.24) is 9.80 Å². The van der Waals surface area contributed by atoms with Crippen molar-refractivity contribution in [3.63, 3.8) is 0 Å². The third-order valence-corrected chi connectivity index (χ3v) is 3.26. The number of aliphatic carboxylic acids is 1. The van der Waals surface area contributed by atoms with Gasteiger partial charge in [0.2, 0.25) is 0 Å². The molecule has 1 N–H and O–H groups in total. The van der Waals surface area contributed by atoms with Gasteiger partial charge < -0.3 is 14.9 Å². The van der Waals surface area contributed by atoms with Gasteiger partial charge in [0, 0.05) is 40.3 Å². The Hall–Kier alpha value is -0.680. The van der Waals surface area contributed by atoms with Crippen LogP contribution >= 0.6 is 27.5 Å². The molecule has 0 aromatic heterocycles. The summed E-state index contributed by atoms with van der Waals surface area (Å²) >= 11 is 9.55. The first-order chi connectivity index (χ1) is 7.65. The Morgan fingerprint density at radius 2 is 1.94 bits per heavy atom. The lowest BCUT2D eigenvalue weighted by Crippen LogP contribution is -2.32. The van der Waals surface area contributed by atoms with Crippen LogP contribution < -0.4 is 0 Å². The van der Waals surface area contributed by atoms with Gasteiger partial charge in [0.25, 0.3) is 0 Å². The van der Waals surface area contributed by atoms with Crippen LogP contribution in [0, 0.1) is 0 Å². The maximum absolute atomic E-state index is 11.3. The summed E-state index contributed by atoms with van der Waals surface area (Å²) in [5, 5.41) is 9.26. The van der Waals surface area contributed by atoms with E-state index in [2.05, 4.69) is 15.9 Å². The quantitative estimate of drug-likeness (QED) is 0.808. The van der Waals surface area contributed by atoms with Crippen LogP contribution in [0.25, 0.3) is 0 Å². The number of likely N-dealkylation sites (N-methyl/N-ethyl adjacent to an activating group) is 1. The van der Waals surface area contributed by atoms with E-state index >= 15 is 0 Å². The SMILES string of the molecule is CN(C)C1=C(N(C)C)C(C(=O)O)=CC(Cl)(Br)C1. The van der Waals surface area contributed by atoms with Crippen molar-refractivity contribution in [2.45, 2.75) is 10.2 Å². The zero-order valence-corrected chi connectivity index (χ0v) is 12.6. The lowest BCUT2D eigenvalue weighted by atomic mass is 9.98. The van der Waals surface area contributed by atoms with Crippen LogP contribution in [-0.4, -0.2) is 52.8 Å². The summed E-state index contributed by atoms with van der Waals surface area (Å²) in [5.41, 5.74) is 1.80. The molecule has 0 aromatic carbocycles. The van der Waals surface area contributed by atoms with E-state index < -0.39 is 9.75 Å². The average Bonchev–Trinajstić information content (AvgIpc) is 2.14. The Balaban J connectivity index is 3.40.